The van der Waals surface area contributed by atoms with Crippen molar-refractivity contribution in [1.82, 2.24) is 9.97 Å². The largest absolute Gasteiger partial charge is 0.481 e. The molecule has 2 rings (SSSR count). The van der Waals surface area contributed by atoms with Crippen molar-refractivity contribution in [3.8, 4) is 5.75 Å². The number of rotatable bonds is 4. The van der Waals surface area contributed by atoms with E-state index in [0.29, 0.717) is 12.1 Å². The second-order valence-electron chi connectivity index (χ2n) is 3.61. The van der Waals surface area contributed by atoms with Gasteiger partial charge in [0.25, 0.3) is 9.05 Å². The van der Waals surface area contributed by atoms with Gasteiger partial charge in [-0.2, -0.15) is 0 Å². The Balaban J connectivity index is 2.36. The van der Waals surface area contributed by atoms with Crippen molar-refractivity contribution in [3.05, 3.63) is 48.1 Å². The lowest BCUT2D eigenvalue weighted by atomic mass is 10.3. The lowest BCUT2D eigenvalue weighted by Gasteiger charge is -2.10. The van der Waals surface area contributed by atoms with Gasteiger partial charge >= 0.3 is 0 Å². The summed E-state index contributed by atoms with van der Waals surface area (Å²) in [7, 11) is 0.761. The van der Waals surface area contributed by atoms with E-state index in [9.17, 15) is 17.2 Å². The summed E-state index contributed by atoms with van der Waals surface area (Å²) in [6.45, 7) is -0.289. The predicted molar refractivity (Wildman–Crippen MR) is 65.8 cm³/mol. The number of ether oxygens (including phenoxy) is 1. The molecule has 0 bridgehead atoms. The Labute approximate surface area is 117 Å². The summed E-state index contributed by atoms with van der Waals surface area (Å²) >= 11 is 0. The highest BCUT2D eigenvalue weighted by atomic mass is 35.7. The first-order valence-electron chi connectivity index (χ1n) is 5.20. The van der Waals surface area contributed by atoms with Crippen molar-refractivity contribution >= 4 is 19.7 Å². The van der Waals surface area contributed by atoms with Crippen molar-refractivity contribution < 1.29 is 21.9 Å². The number of nitrogens with zero attached hydrogens (tertiary/aromatic N) is 2. The molecule has 0 aliphatic heterocycles. The second kappa shape index (κ2) is 5.68. The molecule has 1 aromatic carbocycles. The van der Waals surface area contributed by atoms with E-state index in [0.717, 1.165) is 0 Å². The molecule has 0 aliphatic carbocycles. The molecule has 0 amide bonds. The first-order chi connectivity index (χ1) is 9.38. The number of halogens is 3. The van der Waals surface area contributed by atoms with Crippen LogP contribution in [0.1, 0.15) is 5.82 Å². The summed E-state index contributed by atoms with van der Waals surface area (Å²) in [4.78, 5) is 6.85. The van der Waals surface area contributed by atoms with Crippen LogP contribution < -0.4 is 4.74 Å². The molecular weight excluding hydrogens is 314 g/mol. The molecule has 0 saturated heterocycles. The van der Waals surface area contributed by atoms with Crippen molar-refractivity contribution in [1.29, 1.82) is 0 Å². The van der Waals surface area contributed by atoms with Crippen molar-refractivity contribution in [3.63, 3.8) is 0 Å². The van der Waals surface area contributed by atoms with E-state index >= 15 is 0 Å². The summed E-state index contributed by atoms with van der Waals surface area (Å²) in [6.07, 6.45) is 2.87. The molecular formula is C11H7ClF2N2O3S. The van der Waals surface area contributed by atoms with Crippen LogP contribution in [-0.4, -0.2) is 18.4 Å². The fraction of sp³-hybridized carbons (Fsp3) is 0.0909. The zero-order valence-corrected chi connectivity index (χ0v) is 11.3. The zero-order valence-electron chi connectivity index (χ0n) is 9.76. The fourth-order valence-electron chi connectivity index (χ4n) is 1.40. The third-order valence-corrected chi connectivity index (χ3v) is 3.53. The summed E-state index contributed by atoms with van der Waals surface area (Å²) in [5.74, 6) is -2.73. The predicted octanol–water partition coefficient (Wildman–Crippen LogP) is 2.26. The molecule has 0 fully saturated rings. The lowest BCUT2D eigenvalue weighted by Crippen LogP contribution is -2.06. The molecule has 0 saturated carbocycles. The summed E-state index contributed by atoms with van der Waals surface area (Å²) in [5, 5.41) is 0. The smallest absolute Gasteiger partial charge is 0.265 e. The van der Waals surface area contributed by atoms with Gasteiger partial charge in [-0.1, -0.05) is 0 Å². The topological polar surface area (TPSA) is 69.2 Å². The second-order valence-corrected chi connectivity index (χ2v) is 6.14. The van der Waals surface area contributed by atoms with Crippen molar-refractivity contribution in [2.24, 2.45) is 0 Å². The molecule has 0 N–H and O–H groups in total. The average molecular weight is 321 g/mol. The van der Waals surface area contributed by atoms with Crippen LogP contribution in [0.25, 0.3) is 0 Å². The molecule has 9 heteroatoms. The minimum atomic E-state index is -4.36. The maximum Gasteiger partial charge on any atom is 0.265 e. The maximum atomic E-state index is 13.6. The Bertz CT molecular complexity index is 726. The Morgan fingerprint density at radius 3 is 2.45 bits per heavy atom. The highest BCUT2D eigenvalue weighted by Gasteiger charge is 2.22. The minimum Gasteiger partial charge on any atom is -0.481 e. The first-order valence-corrected chi connectivity index (χ1v) is 7.51. The van der Waals surface area contributed by atoms with E-state index in [1.807, 2.05) is 0 Å². The van der Waals surface area contributed by atoms with Crippen LogP contribution in [0.2, 0.25) is 0 Å². The lowest BCUT2D eigenvalue weighted by molar-refractivity contribution is 0.271. The van der Waals surface area contributed by atoms with Gasteiger partial charge in [0, 0.05) is 29.1 Å². The number of aromatic nitrogens is 2. The average Bonchev–Trinajstić information content (AvgIpc) is 2.37. The van der Waals surface area contributed by atoms with Crippen LogP contribution in [0.3, 0.4) is 0 Å². The normalized spacial score (nSPS) is 11.3. The molecule has 2 aromatic rings. The Kier molecular flexibility index (Phi) is 4.15. The van der Waals surface area contributed by atoms with Gasteiger partial charge in [0.2, 0.25) is 0 Å². The van der Waals surface area contributed by atoms with Gasteiger partial charge in [0.15, 0.2) is 17.4 Å². The van der Waals surface area contributed by atoms with E-state index in [1.165, 1.54) is 12.4 Å². The van der Waals surface area contributed by atoms with E-state index < -0.39 is 31.3 Å². The van der Waals surface area contributed by atoms with Crippen LogP contribution in [0, 0.1) is 11.6 Å². The summed E-state index contributed by atoms with van der Waals surface area (Å²) in [5.41, 5.74) is 0. The number of benzene rings is 1. The van der Waals surface area contributed by atoms with E-state index in [4.69, 9.17) is 15.4 Å². The molecule has 1 aromatic heterocycles. The molecule has 106 valence electrons. The molecule has 0 spiro atoms. The molecule has 0 atom stereocenters. The highest BCUT2D eigenvalue weighted by molar-refractivity contribution is 8.13. The SMILES string of the molecule is O=S(=O)(Cl)c1cc(F)cc(F)c1OCc1ncccn1. The van der Waals surface area contributed by atoms with E-state index in [-0.39, 0.29) is 12.4 Å². The van der Waals surface area contributed by atoms with Crippen LogP contribution in [-0.2, 0) is 15.7 Å². The number of hydrogen-bond donors (Lipinski definition) is 0. The molecule has 0 aliphatic rings. The van der Waals surface area contributed by atoms with Gasteiger partial charge in [0.05, 0.1) is 0 Å². The molecule has 5 nitrogen and oxygen atoms in total. The van der Waals surface area contributed by atoms with Crippen LogP contribution in [0.5, 0.6) is 5.75 Å². The first kappa shape index (κ1) is 14.6. The highest BCUT2D eigenvalue weighted by Crippen LogP contribution is 2.31. The Hall–Kier alpha value is -1.80. The van der Waals surface area contributed by atoms with Gasteiger partial charge in [-0.15, -0.1) is 0 Å². The van der Waals surface area contributed by atoms with Crippen molar-refractivity contribution in [2.75, 3.05) is 0 Å². The van der Waals surface area contributed by atoms with Crippen LogP contribution >= 0.6 is 10.7 Å². The summed E-state index contributed by atoms with van der Waals surface area (Å²) < 4.78 is 54.3. The third-order valence-electron chi connectivity index (χ3n) is 2.20. The van der Waals surface area contributed by atoms with Gasteiger partial charge < -0.3 is 4.74 Å². The van der Waals surface area contributed by atoms with Crippen LogP contribution in [0.15, 0.2) is 35.5 Å². The fourth-order valence-corrected chi connectivity index (χ4v) is 2.37. The zero-order chi connectivity index (χ0) is 14.8. The van der Waals surface area contributed by atoms with Crippen LogP contribution in [0.4, 0.5) is 8.78 Å². The minimum absolute atomic E-state index is 0.203. The standard InChI is InChI=1S/C11H7ClF2N2O3S/c12-20(17,18)9-5-7(13)4-8(14)11(9)19-6-10-15-2-1-3-16-10/h1-5H,6H2. The molecule has 0 radical (unpaired) electrons. The van der Waals surface area contributed by atoms with Gasteiger partial charge in [-0.25, -0.2) is 27.2 Å². The summed E-state index contributed by atoms with van der Waals surface area (Å²) in [6, 6.07) is 2.63. The maximum absolute atomic E-state index is 13.6. The monoisotopic (exact) mass is 320 g/mol. The Morgan fingerprint density at radius 2 is 1.85 bits per heavy atom. The van der Waals surface area contributed by atoms with E-state index in [1.54, 1.807) is 6.07 Å². The molecule has 0 unspecified atom stereocenters. The van der Waals surface area contributed by atoms with Gasteiger partial charge in [-0.3, -0.25) is 0 Å². The molecule has 20 heavy (non-hydrogen) atoms. The third kappa shape index (κ3) is 3.40. The van der Waals surface area contributed by atoms with E-state index in [2.05, 4.69) is 9.97 Å². The number of hydrogen-bond acceptors (Lipinski definition) is 5. The Morgan fingerprint density at radius 1 is 1.20 bits per heavy atom. The van der Waals surface area contributed by atoms with Gasteiger partial charge in [-0.05, 0) is 12.1 Å². The van der Waals surface area contributed by atoms with Crippen molar-refractivity contribution in [2.45, 2.75) is 11.5 Å². The van der Waals surface area contributed by atoms with Gasteiger partial charge in [0.1, 0.15) is 17.3 Å². The molecule has 1 heterocycles. The quantitative estimate of drug-likeness (QED) is 0.808.